The van der Waals surface area contributed by atoms with Gasteiger partial charge in [-0.3, -0.25) is 0 Å². The number of hydrogen-bond donors (Lipinski definition) is 1. The van der Waals surface area contributed by atoms with Crippen LogP contribution in [0.2, 0.25) is 18.1 Å². The molecule has 2 fully saturated rings. The van der Waals surface area contributed by atoms with Crippen LogP contribution in [0.3, 0.4) is 0 Å². The van der Waals surface area contributed by atoms with Crippen molar-refractivity contribution >= 4 is 14.3 Å². The van der Waals surface area contributed by atoms with Gasteiger partial charge in [0.25, 0.3) is 0 Å². The average Bonchev–Trinajstić information content (AvgIpc) is 3.45. The van der Waals surface area contributed by atoms with E-state index in [1.165, 1.54) is 12.1 Å². The molecule has 0 amide bonds. The topological polar surface area (TPSA) is 105 Å². The van der Waals surface area contributed by atoms with Gasteiger partial charge in [-0.05, 0) is 30.3 Å². The highest BCUT2D eigenvalue weighted by Crippen LogP contribution is 2.42. The van der Waals surface area contributed by atoms with Gasteiger partial charge < -0.3 is 23.7 Å². The summed E-state index contributed by atoms with van der Waals surface area (Å²) in [6.45, 7) is 6.40. The lowest BCUT2D eigenvalue weighted by Gasteiger charge is -2.50. The van der Waals surface area contributed by atoms with Crippen LogP contribution in [0.4, 0.5) is 4.39 Å². The van der Waals surface area contributed by atoms with Gasteiger partial charge in [-0.25, -0.2) is 13.9 Å². The van der Waals surface area contributed by atoms with Crippen molar-refractivity contribution in [3.63, 3.8) is 0 Å². The van der Waals surface area contributed by atoms with Crippen LogP contribution in [-0.2, 0) is 23.4 Å². The van der Waals surface area contributed by atoms with Gasteiger partial charge in [0.1, 0.15) is 35.9 Å². The third-order valence-corrected chi connectivity index (χ3v) is 12.6. The fourth-order valence-corrected chi connectivity index (χ4v) is 8.34. The Hall–Kier alpha value is -2.96. The molecule has 0 unspecified atom stereocenters. The summed E-state index contributed by atoms with van der Waals surface area (Å²) in [4.78, 5) is 12.6. The lowest BCUT2D eigenvalue weighted by Crippen LogP contribution is -2.63. The molecule has 0 aliphatic carbocycles. The van der Waals surface area contributed by atoms with Crippen molar-refractivity contribution in [3.8, 4) is 11.3 Å². The first kappa shape index (κ1) is 27.6. The molecule has 5 rings (SSSR count). The van der Waals surface area contributed by atoms with Gasteiger partial charge in [0.05, 0.1) is 12.8 Å². The first-order chi connectivity index (χ1) is 18.9. The van der Waals surface area contributed by atoms with E-state index in [0.717, 1.165) is 23.7 Å². The summed E-state index contributed by atoms with van der Waals surface area (Å²) in [7, 11) is -2.31. The van der Waals surface area contributed by atoms with Crippen molar-refractivity contribution in [2.24, 2.45) is 0 Å². The zero-order chi connectivity index (χ0) is 27.6. The number of fused-ring (bicyclic) bond motifs is 1. The molecule has 39 heavy (non-hydrogen) atoms. The Bertz CT molecular complexity index is 1260. The highest BCUT2D eigenvalue weighted by Gasteiger charge is 2.55. The molecule has 9 nitrogen and oxygen atoms in total. The van der Waals surface area contributed by atoms with Crippen molar-refractivity contribution in [1.29, 1.82) is 0 Å². The van der Waals surface area contributed by atoms with Crippen LogP contribution in [0.1, 0.15) is 38.7 Å². The fourth-order valence-electron chi connectivity index (χ4n) is 5.50. The lowest BCUT2D eigenvalue weighted by atomic mass is 9.91. The molecule has 3 heterocycles. The van der Waals surface area contributed by atoms with Crippen molar-refractivity contribution in [2.75, 3.05) is 6.61 Å². The monoisotopic (exact) mass is 555 g/mol. The first-order valence-corrected chi connectivity index (χ1v) is 16.0. The fraction of sp³-hybridized carbons (Fsp3) is 0.464. The standard InChI is InChI=1S/C28H34FN3O6Si/c1-4-39(5-2,6-3)38-25-23(32-16-21(30-31-32)19-13-10-14-20(29)15-19)24-22(36-26(25)27(33)34)17-35-28(37-24)18-11-8-7-9-12-18/h7-16,22-26,28H,4-6,17H2,1-3H3,(H,33,34)/t22-,23+,24+,25-,26-,28+/m1/s1. The number of aliphatic carboxylic acids is 1. The zero-order valence-corrected chi connectivity index (χ0v) is 23.3. The SMILES string of the molecule is CC[Si](CC)(CC)O[C@@H]1[C@@H](n2cc(-c3cccc(F)c3)nn2)[C@H]2O[C@@H](c3ccccc3)OC[C@H]2O[C@H]1C(=O)O. The van der Waals surface area contributed by atoms with Crippen LogP contribution in [0.15, 0.2) is 60.8 Å². The molecule has 0 radical (unpaired) electrons. The van der Waals surface area contributed by atoms with E-state index in [1.54, 1.807) is 23.0 Å². The molecule has 0 bridgehead atoms. The van der Waals surface area contributed by atoms with E-state index in [9.17, 15) is 14.3 Å². The largest absolute Gasteiger partial charge is 0.479 e. The Kier molecular flexibility index (Phi) is 8.24. The van der Waals surface area contributed by atoms with Gasteiger partial charge in [0.2, 0.25) is 0 Å². The smallest absolute Gasteiger partial charge is 0.335 e. The Labute approximate surface area is 228 Å². The van der Waals surface area contributed by atoms with Gasteiger partial charge in [0.15, 0.2) is 20.7 Å². The maximum absolute atomic E-state index is 14.0. The van der Waals surface area contributed by atoms with Gasteiger partial charge in [-0.1, -0.05) is 68.4 Å². The number of carboxylic acids is 1. The number of aromatic nitrogens is 3. The minimum atomic E-state index is -2.31. The summed E-state index contributed by atoms with van der Waals surface area (Å²) >= 11 is 0. The third-order valence-electron chi connectivity index (χ3n) is 7.92. The number of hydrogen-bond acceptors (Lipinski definition) is 7. The summed E-state index contributed by atoms with van der Waals surface area (Å²) in [6.07, 6.45) is -2.41. The second-order valence-electron chi connectivity index (χ2n) is 10.0. The van der Waals surface area contributed by atoms with Gasteiger partial charge >= 0.3 is 5.97 Å². The number of benzene rings is 2. The van der Waals surface area contributed by atoms with E-state index in [4.69, 9.17) is 18.6 Å². The maximum atomic E-state index is 14.0. The van der Waals surface area contributed by atoms with E-state index in [1.807, 2.05) is 30.3 Å². The number of carboxylic acid groups (broad SMARTS) is 1. The summed E-state index contributed by atoms with van der Waals surface area (Å²) in [5.74, 6) is -1.51. The first-order valence-electron chi connectivity index (χ1n) is 13.4. The molecule has 2 aliphatic rings. The molecule has 208 valence electrons. The van der Waals surface area contributed by atoms with Crippen molar-refractivity contribution in [1.82, 2.24) is 15.0 Å². The van der Waals surface area contributed by atoms with E-state index >= 15 is 0 Å². The Morgan fingerprint density at radius 2 is 1.85 bits per heavy atom. The Morgan fingerprint density at radius 3 is 2.51 bits per heavy atom. The molecule has 1 aromatic heterocycles. The van der Waals surface area contributed by atoms with Crippen LogP contribution < -0.4 is 0 Å². The normalized spacial score (nSPS) is 27.2. The molecule has 2 aliphatic heterocycles. The number of nitrogens with zero attached hydrogens (tertiary/aromatic N) is 3. The Balaban J connectivity index is 1.58. The number of carbonyl (C=O) groups is 1. The summed E-state index contributed by atoms with van der Waals surface area (Å²) < 4.78 is 41.0. The molecule has 6 atom stereocenters. The second-order valence-corrected chi connectivity index (χ2v) is 14.7. The minimum absolute atomic E-state index is 0.139. The maximum Gasteiger partial charge on any atom is 0.335 e. The zero-order valence-electron chi connectivity index (χ0n) is 22.3. The van der Waals surface area contributed by atoms with Crippen LogP contribution in [0.25, 0.3) is 11.3 Å². The molecule has 11 heteroatoms. The van der Waals surface area contributed by atoms with Gasteiger partial charge in [-0.2, -0.15) is 0 Å². The van der Waals surface area contributed by atoms with Crippen molar-refractivity contribution in [3.05, 3.63) is 72.2 Å². The number of halogens is 1. The molecule has 0 saturated carbocycles. The minimum Gasteiger partial charge on any atom is -0.479 e. The van der Waals surface area contributed by atoms with E-state index in [-0.39, 0.29) is 12.4 Å². The predicted octanol–water partition coefficient (Wildman–Crippen LogP) is 4.98. The highest BCUT2D eigenvalue weighted by molar-refractivity contribution is 6.73. The second kappa shape index (κ2) is 11.6. The van der Waals surface area contributed by atoms with E-state index in [2.05, 4.69) is 31.1 Å². The van der Waals surface area contributed by atoms with E-state index < -0.39 is 51.0 Å². The highest BCUT2D eigenvalue weighted by atomic mass is 28.4. The molecule has 1 N–H and O–H groups in total. The molecular formula is C28H34FN3O6Si. The number of rotatable bonds is 9. The molecule has 3 aromatic rings. The van der Waals surface area contributed by atoms with E-state index in [0.29, 0.717) is 11.3 Å². The molecule has 2 saturated heterocycles. The summed E-state index contributed by atoms with van der Waals surface area (Å²) in [6, 6.07) is 17.5. The predicted molar refractivity (Wildman–Crippen MR) is 143 cm³/mol. The quantitative estimate of drug-likeness (QED) is 0.369. The van der Waals surface area contributed by atoms with Crippen molar-refractivity contribution in [2.45, 2.75) is 75.7 Å². The molecule has 0 spiro atoms. The summed E-state index contributed by atoms with van der Waals surface area (Å²) in [5.41, 5.74) is 1.86. The van der Waals surface area contributed by atoms with Crippen LogP contribution in [0, 0.1) is 5.82 Å². The lowest BCUT2D eigenvalue weighted by molar-refractivity contribution is -0.312. The van der Waals surface area contributed by atoms with Crippen LogP contribution >= 0.6 is 0 Å². The van der Waals surface area contributed by atoms with Crippen LogP contribution in [-0.4, -0.2) is 65.4 Å². The average molecular weight is 556 g/mol. The third kappa shape index (κ3) is 5.55. The number of ether oxygens (including phenoxy) is 3. The van der Waals surface area contributed by atoms with Crippen molar-refractivity contribution < 1.29 is 32.9 Å². The molecular weight excluding hydrogens is 521 g/mol. The van der Waals surface area contributed by atoms with Gasteiger partial charge in [0, 0.05) is 11.1 Å². The van der Waals surface area contributed by atoms with Crippen LogP contribution in [0.5, 0.6) is 0 Å². The molecule has 2 aromatic carbocycles. The summed E-state index contributed by atoms with van der Waals surface area (Å²) in [5, 5.41) is 19.0. The Morgan fingerprint density at radius 1 is 1.10 bits per heavy atom. The van der Waals surface area contributed by atoms with Gasteiger partial charge in [-0.15, -0.1) is 5.10 Å².